The number of benzene rings is 1. The van der Waals surface area contributed by atoms with Crippen molar-refractivity contribution in [2.75, 3.05) is 6.54 Å². The first-order chi connectivity index (χ1) is 12.7. The molecule has 2 aromatic heterocycles. The van der Waals surface area contributed by atoms with Crippen molar-refractivity contribution in [3.63, 3.8) is 0 Å². The zero-order valence-corrected chi connectivity index (χ0v) is 16.0. The average Bonchev–Trinajstić information content (AvgIpc) is 3.33. The van der Waals surface area contributed by atoms with Crippen LogP contribution in [0.5, 0.6) is 0 Å². The average molecular weight is 386 g/mol. The number of thiophene rings is 1. The molecule has 1 aromatic carbocycles. The molecule has 6 nitrogen and oxygen atoms in total. The minimum absolute atomic E-state index is 0.134. The monoisotopic (exact) mass is 385 g/mol. The van der Waals surface area contributed by atoms with Crippen molar-refractivity contribution < 1.29 is 4.79 Å². The predicted octanol–water partition coefficient (Wildman–Crippen LogP) is 2.85. The fourth-order valence-electron chi connectivity index (χ4n) is 3.08. The van der Waals surface area contributed by atoms with E-state index < -0.39 is 0 Å². The smallest absolute Gasteiger partial charge is 0.236 e. The van der Waals surface area contributed by atoms with Crippen LogP contribution in [0.2, 0.25) is 0 Å². The minimum Gasteiger partial charge on any atom is -0.337 e. The van der Waals surface area contributed by atoms with Gasteiger partial charge in [0, 0.05) is 18.0 Å². The summed E-state index contributed by atoms with van der Waals surface area (Å²) in [6, 6.07) is 12.4. The van der Waals surface area contributed by atoms with Crippen molar-refractivity contribution in [3.05, 3.63) is 57.8 Å². The zero-order chi connectivity index (χ0) is 17.9. The van der Waals surface area contributed by atoms with E-state index in [0.717, 1.165) is 13.0 Å². The molecular weight excluding hydrogens is 366 g/mol. The Morgan fingerprint density at radius 2 is 2.12 bits per heavy atom. The van der Waals surface area contributed by atoms with Crippen LogP contribution in [0.4, 0.5) is 0 Å². The Morgan fingerprint density at radius 1 is 1.27 bits per heavy atom. The molecule has 0 aliphatic carbocycles. The summed E-state index contributed by atoms with van der Waals surface area (Å²) < 4.78 is 1.76. The topological polar surface area (TPSA) is 63.9 Å². The summed E-state index contributed by atoms with van der Waals surface area (Å²) >= 11 is 3.09. The first-order valence-corrected chi connectivity index (χ1v) is 10.3. The number of hydrogen-bond acceptors (Lipinski definition) is 6. The van der Waals surface area contributed by atoms with Gasteiger partial charge < -0.3 is 4.90 Å². The molecular formula is C18H19N5OS2. The van der Waals surface area contributed by atoms with E-state index in [1.54, 1.807) is 16.0 Å². The summed E-state index contributed by atoms with van der Waals surface area (Å²) in [6.07, 6.45) is 0.912. The molecule has 0 N–H and O–H groups in total. The van der Waals surface area contributed by atoms with Gasteiger partial charge in [-0.05, 0) is 46.3 Å². The molecule has 4 rings (SSSR count). The number of nitrogens with zero attached hydrogens (tertiary/aromatic N) is 5. The Morgan fingerprint density at radius 3 is 2.92 bits per heavy atom. The van der Waals surface area contributed by atoms with Crippen LogP contribution in [0.1, 0.15) is 22.9 Å². The van der Waals surface area contributed by atoms with Gasteiger partial charge in [0.15, 0.2) is 0 Å². The van der Waals surface area contributed by atoms with Crippen LogP contribution >= 0.6 is 23.1 Å². The minimum atomic E-state index is -0.228. The molecule has 1 atom stereocenters. The maximum absolute atomic E-state index is 12.9. The van der Waals surface area contributed by atoms with Crippen LogP contribution in [0, 0.1) is 0 Å². The van der Waals surface area contributed by atoms with Gasteiger partial charge in [0.1, 0.15) is 0 Å². The first kappa shape index (κ1) is 17.2. The van der Waals surface area contributed by atoms with E-state index in [4.69, 9.17) is 0 Å². The molecule has 134 valence electrons. The summed E-state index contributed by atoms with van der Waals surface area (Å²) in [4.78, 5) is 16.0. The Labute approximate surface area is 160 Å². The highest BCUT2D eigenvalue weighted by atomic mass is 32.2. The van der Waals surface area contributed by atoms with Crippen molar-refractivity contribution >= 4 is 29.0 Å². The number of thioether (sulfide) groups is 1. The lowest BCUT2D eigenvalue weighted by atomic mass is 10.00. The molecule has 3 heterocycles. The van der Waals surface area contributed by atoms with E-state index in [9.17, 15) is 4.79 Å². The van der Waals surface area contributed by atoms with E-state index in [2.05, 4.69) is 39.8 Å². The summed E-state index contributed by atoms with van der Waals surface area (Å²) in [5, 5.41) is 14.4. The predicted molar refractivity (Wildman–Crippen MR) is 102 cm³/mol. The molecule has 1 aliphatic heterocycles. The van der Waals surface area contributed by atoms with E-state index in [-0.39, 0.29) is 11.2 Å². The number of aromatic nitrogens is 4. The largest absolute Gasteiger partial charge is 0.337 e. The van der Waals surface area contributed by atoms with E-state index in [1.165, 1.54) is 27.8 Å². The van der Waals surface area contributed by atoms with E-state index in [0.29, 0.717) is 18.2 Å². The van der Waals surface area contributed by atoms with Crippen LogP contribution in [0.25, 0.3) is 0 Å². The van der Waals surface area contributed by atoms with Crippen molar-refractivity contribution in [1.82, 2.24) is 25.1 Å². The number of tetrazole rings is 1. The summed E-state index contributed by atoms with van der Waals surface area (Å²) in [6.45, 7) is 4.00. The van der Waals surface area contributed by atoms with Crippen LogP contribution in [0.3, 0.4) is 0 Å². The molecule has 0 radical (unpaired) electrons. The summed E-state index contributed by atoms with van der Waals surface area (Å²) in [5.74, 6) is 0.134. The van der Waals surface area contributed by atoms with E-state index in [1.807, 2.05) is 29.3 Å². The van der Waals surface area contributed by atoms with Gasteiger partial charge in [-0.3, -0.25) is 4.79 Å². The summed E-state index contributed by atoms with van der Waals surface area (Å²) in [7, 11) is 0. The Kier molecular flexibility index (Phi) is 5.03. The van der Waals surface area contributed by atoms with Crippen LogP contribution in [0.15, 0.2) is 46.9 Å². The number of rotatable bonds is 5. The van der Waals surface area contributed by atoms with Gasteiger partial charge in [-0.1, -0.05) is 42.1 Å². The standard InChI is InChI=1S/C18H19N5OS2/c1-13(17(24)22-9-8-14-5-2-3-6-15(14)11-22)26-18-19-20-21-23(18)12-16-7-4-10-25-16/h2-7,10,13H,8-9,11-12H2,1H3/t13-/m1/s1. The third kappa shape index (κ3) is 3.66. The first-order valence-electron chi connectivity index (χ1n) is 8.51. The highest BCUT2D eigenvalue weighted by Crippen LogP contribution is 2.26. The fourth-order valence-corrected chi connectivity index (χ4v) is 4.64. The lowest BCUT2D eigenvalue weighted by molar-refractivity contribution is -0.131. The van der Waals surface area contributed by atoms with Gasteiger partial charge in [0.2, 0.25) is 11.1 Å². The highest BCUT2D eigenvalue weighted by Gasteiger charge is 2.26. The second-order valence-corrected chi connectivity index (χ2v) is 8.58. The van der Waals surface area contributed by atoms with Gasteiger partial charge in [-0.25, -0.2) is 4.68 Å². The molecule has 0 unspecified atom stereocenters. The van der Waals surface area contributed by atoms with Crippen LogP contribution < -0.4 is 0 Å². The number of amides is 1. The molecule has 1 aliphatic rings. The zero-order valence-electron chi connectivity index (χ0n) is 14.4. The highest BCUT2D eigenvalue weighted by molar-refractivity contribution is 8.00. The van der Waals surface area contributed by atoms with Gasteiger partial charge in [0.05, 0.1) is 11.8 Å². The maximum Gasteiger partial charge on any atom is 0.236 e. The molecule has 8 heteroatoms. The van der Waals surface area contributed by atoms with Crippen molar-refractivity contribution in [2.45, 2.75) is 36.8 Å². The number of fused-ring (bicyclic) bond motifs is 1. The Bertz CT molecular complexity index is 893. The van der Waals surface area contributed by atoms with Crippen molar-refractivity contribution in [1.29, 1.82) is 0 Å². The number of carbonyl (C=O) groups is 1. The van der Waals surface area contributed by atoms with Crippen molar-refractivity contribution in [3.8, 4) is 0 Å². The normalized spacial score (nSPS) is 14.9. The number of hydrogen-bond donors (Lipinski definition) is 0. The lowest BCUT2D eigenvalue weighted by Gasteiger charge is -2.30. The maximum atomic E-state index is 12.9. The second-order valence-electron chi connectivity index (χ2n) is 6.24. The van der Waals surface area contributed by atoms with Crippen molar-refractivity contribution in [2.24, 2.45) is 0 Å². The van der Waals surface area contributed by atoms with Crippen LogP contribution in [-0.4, -0.2) is 42.8 Å². The SMILES string of the molecule is C[C@@H](Sc1nnnn1Cc1cccs1)C(=O)N1CCc2ccccc2C1. The Hall–Kier alpha value is -2.19. The number of carbonyl (C=O) groups excluding carboxylic acids is 1. The van der Waals surface area contributed by atoms with Gasteiger partial charge in [-0.15, -0.1) is 16.4 Å². The second kappa shape index (κ2) is 7.59. The fraction of sp³-hybridized carbons (Fsp3) is 0.333. The molecule has 0 bridgehead atoms. The third-order valence-electron chi connectivity index (χ3n) is 4.46. The van der Waals surface area contributed by atoms with Crippen LogP contribution in [-0.2, 0) is 24.3 Å². The lowest BCUT2D eigenvalue weighted by Crippen LogP contribution is -2.40. The molecule has 0 saturated heterocycles. The Balaban J connectivity index is 1.42. The molecule has 0 spiro atoms. The van der Waals surface area contributed by atoms with E-state index >= 15 is 0 Å². The molecule has 0 fully saturated rings. The van der Waals surface area contributed by atoms with Gasteiger partial charge >= 0.3 is 0 Å². The molecule has 26 heavy (non-hydrogen) atoms. The quantitative estimate of drug-likeness (QED) is 0.632. The van der Waals surface area contributed by atoms with Gasteiger partial charge in [-0.2, -0.15) is 0 Å². The molecule has 1 amide bonds. The van der Waals surface area contributed by atoms with Gasteiger partial charge in [0.25, 0.3) is 0 Å². The summed E-state index contributed by atoms with van der Waals surface area (Å²) in [5.41, 5.74) is 2.59. The molecule has 3 aromatic rings. The molecule has 0 saturated carbocycles. The third-order valence-corrected chi connectivity index (χ3v) is 6.38.